The van der Waals surface area contributed by atoms with Gasteiger partial charge in [-0.3, -0.25) is 4.79 Å². The van der Waals surface area contributed by atoms with E-state index in [1.807, 2.05) is 0 Å². The van der Waals surface area contributed by atoms with Gasteiger partial charge >= 0.3 is 5.97 Å². The van der Waals surface area contributed by atoms with E-state index in [0.717, 1.165) is 0 Å². The SMILES string of the molecule is CNS(=O)(=O)c1ccc(N(CCOC)CC(=O)O)cc1. The van der Waals surface area contributed by atoms with E-state index in [1.165, 1.54) is 26.3 Å². The van der Waals surface area contributed by atoms with Gasteiger partial charge in [0.15, 0.2) is 0 Å². The van der Waals surface area contributed by atoms with Gasteiger partial charge in [-0.25, -0.2) is 13.1 Å². The van der Waals surface area contributed by atoms with E-state index < -0.39 is 16.0 Å². The highest BCUT2D eigenvalue weighted by molar-refractivity contribution is 7.89. The van der Waals surface area contributed by atoms with Crippen LogP contribution in [-0.4, -0.2) is 53.3 Å². The Morgan fingerprint density at radius 2 is 1.95 bits per heavy atom. The van der Waals surface area contributed by atoms with Gasteiger partial charge in [0.2, 0.25) is 10.0 Å². The molecule has 0 unspecified atom stereocenters. The molecule has 0 spiro atoms. The number of anilines is 1. The highest BCUT2D eigenvalue weighted by Crippen LogP contribution is 2.17. The lowest BCUT2D eigenvalue weighted by atomic mass is 10.3. The van der Waals surface area contributed by atoms with Crippen LogP contribution in [0.2, 0.25) is 0 Å². The Labute approximate surface area is 118 Å². The highest BCUT2D eigenvalue weighted by Gasteiger charge is 2.14. The monoisotopic (exact) mass is 302 g/mol. The van der Waals surface area contributed by atoms with Crippen LogP contribution in [0.15, 0.2) is 29.2 Å². The predicted molar refractivity (Wildman–Crippen MR) is 74.4 cm³/mol. The third-order valence-electron chi connectivity index (χ3n) is 2.67. The van der Waals surface area contributed by atoms with Crippen molar-refractivity contribution in [3.63, 3.8) is 0 Å². The number of methoxy groups -OCH3 is 1. The summed E-state index contributed by atoms with van der Waals surface area (Å²) in [4.78, 5) is 12.6. The summed E-state index contributed by atoms with van der Waals surface area (Å²) in [5.41, 5.74) is 0.625. The summed E-state index contributed by atoms with van der Waals surface area (Å²) in [6.07, 6.45) is 0. The summed E-state index contributed by atoms with van der Waals surface area (Å²) >= 11 is 0. The Morgan fingerprint density at radius 3 is 2.40 bits per heavy atom. The molecule has 0 atom stereocenters. The number of nitrogens with zero attached hydrogens (tertiary/aromatic N) is 1. The lowest BCUT2D eigenvalue weighted by molar-refractivity contribution is -0.135. The number of hydrogen-bond acceptors (Lipinski definition) is 5. The van der Waals surface area contributed by atoms with Crippen molar-refractivity contribution in [2.75, 3.05) is 38.8 Å². The largest absolute Gasteiger partial charge is 0.480 e. The van der Waals surface area contributed by atoms with Crippen LogP contribution in [0.5, 0.6) is 0 Å². The molecule has 20 heavy (non-hydrogen) atoms. The van der Waals surface area contributed by atoms with E-state index >= 15 is 0 Å². The van der Waals surface area contributed by atoms with Crippen molar-refractivity contribution in [3.8, 4) is 0 Å². The molecule has 8 heteroatoms. The zero-order chi connectivity index (χ0) is 15.2. The fourth-order valence-electron chi connectivity index (χ4n) is 1.62. The van der Waals surface area contributed by atoms with Gasteiger partial charge in [-0.15, -0.1) is 0 Å². The minimum atomic E-state index is -3.49. The lowest BCUT2D eigenvalue weighted by Crippen LogP contribution is -2.32. The van der Waals surface area contributed by atoms with E-state index in [1.54, 1.807) is 17.0 Å². The van der Waals surface area contributed by atoms with E-state index in [0.29, 0.717) is 18.8 Å². The Hall–Kier alpha value is -1.64. The Balaban J connectivity index is 2.95. The molecule has 0 bridgehead atoms. The maximum atomic E-state index is 11.6. The molecule has 0 saturated heterocycles. The van der Waals surface area contributed by atoms with Gasteiger partial charge in [0.1, 0.15) is 6.54 Å². The molecule has 1 aromatic carbocycles. The van der Waals surface area contributed by atoms with Gasteiger partial charge < -0.3 is 14.7 Å². The first-order chi connectivity index (χ1) is 9.40. The first kappa shape index (κ1) is 16.4. The second-order valence-corrected chi connectivity index (χ2v) is 5.90. The molecule has 0 aliphatic carbocycles. The van der Waals surface area contributed by atoms with Gasteiger partial charge in [0, 0.05) is 19.3 Å². The number of aliphatic carboxylic acids is 1. The van der Waals surface area contributed by atoms with Crippen molar-refractivity contribution in [2.45, 2.75) is 4.90 Å². The minimum absolute atomic E-state index is 0.130. The molecule has 0 saturated carbocycles. The molecule has 0 aliphatic heterocycles. The summed E-state index contributed by atoms with van der Waals surface area (Å²) in [6, 6.07) is 6.01. The molecule has 7 nitrogen and oxygen atoms in total. The van der Waals surface area contributed by atoms with Gasteiger partial charge in [0.25, 0.3) is 0 Å². The molecule has 1 aromatic rings. The Bertz CT molecular complexity index is 541. The van der Waals surface area contributed by atoms with Crippen LogP contribution >= 0.6 is 0 Å². The molecular formula is C12H18N2O5S. The number of rotatable bonds is 8. The highest BCUT2D eigenvalue weighted by atomic mass is 32.2. The fraction of sp³-hybridized carbons (Fsp3) is 0.417. The quantitative estimate of drug-likeness (QED) is 0.709. The third kappa shape index (κ3) is 4.48. The average molecular weight is 302 g/mol. The first-order valence-corrected chi connectivity index (χ1v) is 7.38. The number of ether oxygens (including phenoxy) is 1. The van der Waals surface area contributed by atoms with Crippen LogP contribution < -0.4 is 9.62 Å². The Kier molecular flexibility index (Phi) is 5.93. The van der Waals surface area contributed by atoms with Crippen LogP contribution in [-0.2, 0) is 19.6 Å². The normalized spacial score (nSPS) is 11.3. The second kappa shape index (κ2) is 7.22. The maximum Gasteiger partial charge on any atom is 0.323 e. The second-order valence-electron chi connectivity index (χ2n) is 4.01. The van der Waals surface area contributed by atoms with Crippen molar-refractivity contribution in [1.29, 1.82) is 0 Å². The van der Waals surface area contributed by atoms with Crippen LogP contribution in [0.1, 0.15) is 0 Å². The average Bonchev–Trinajstić information content (AvgIpc) is 2.43. The fourth-order valence-corrected chi connectivity index (χ4v) is 2.35. The number of carboxylic acids is 1. The zero-order valence-corrected chi connectivity index (χ0v) is 12.2. The molecule has 112 valence electrons. The van der Waals surface area contributed by atoms with Crippen LogP contribution in [0.3, 0.4) is 0 Å². The van der Waals surface area contributed by atoms with Crippen molar-refractivity contribution in [1.82, 2.24) is 4.72 Å². The third-order valence-corrected chi connectivity index (χ3v) is 4.10. The molecule has 0 heterocycles. The van der Waals surface area contributed by atoms with E-state index in [4.69, 9.17) is 9.84 Å². The maximum absolute atomic E-state index is 11.6. The predicted octanol–water partition coefficient (Wildman–Crippen LogP) is 0.132. The molecule has 2 N–H and O–H groups in total. The molecule has 0 aromatic heterocycles. The number of carbonyl (C=O) groups is 1. The van der Waals surface area contributed by atoms with Crippen molar-refractivity contribution < 1.29 is 23.1 Å². The van der Waals surface area contributed by atoms with Gasteiger partial charge in [-0.05, 0) is 31.3 Å². The van der Waals surface area contributed by atoms with Crippen molar-refractivity contribution in [3.05, 3.63) is 24.3 Å². The summed E-state index contributed by atoms with van der Waals surface area (Å²) in [5.74, 6) is -0.965. The number of carboxylic acid groups (broad SMARTS) is 1. The van der Waals surface area contributed by atoms with E-state index in [2.05, 4.69) is 4.72 Å². The summed E-state index contributed by atoms with van der Waals surface area (Å²) in [5, 5.41) is 8.88. The van der Waals surface area contributed by atoms with Crippen molar-refractivity contribution in [2.24, 2.45) is 0 Å². The molecule has 0 amide bonds. The number of nitrogens with one attached hydrogen (secondary N) is 1. The van der Waals surface area contributed by atoms with Crippen LogP contribution in [0.4, 0.5) is 5.69 Å². The topological polar surface area (TPSA) is 95.9 Å². The standard InChI is InChI=1S/C12H18N2O5S/c1-13-20(17,18)11-5-3-10(4-6-11)14(7-8-19-2)9-12(15)16/h3-6,13H,7-9H2,1-2H3,(H,15,16). The lowest BCUT2D eigenvalue weighted by Gasteiger charge is -2.22. The molecule has 0 aliphatic rings. The van der Waals surface area contributed by atoms with E-state index in [9.17, 15) is 13.2 Å². The van der Waals surface area contributed by atoms with Crippen molar-refractivity contribution >= 4 is 21.7 Å². The van der Waals surface area contributed by atoms with Gasteiger partial charge in [-0.1, -0.05) is 0 Å². The van der Waals surface area contributed by atoms with E-state index in [-0.39, 0.29) is 11.4 Å². The molecular weight excluding hydrogens is 284 g/mol. The molecule has 0 radical (unpaired) electrons. The smallest absolute Gasteiger partial charge is 0.323 e. The number of sulfonamides is 1. The van der Waals surface area contributed by atoms with Gasteiger partial charge in [-0.2, -0.15) is 0 Å². The Morgan fingerprint density at radius 1 is 1.35 bits per heavy atom. The summed E-state index contributed by atoms with van der Waals surface area (Å²) in [6.45, 7) is 0.603. The number of hydrogen-bond donors (Lipinski definition) is 2. The van der Waals surface area contributed by atoms with Crippen LogP contribution in [0.25, 0.3) is 0 Å². The first-order valence-electron chi connectivity index (χ1n) is 5.90. The summed E-state index contributed by atoms with van der Waals surface area (Å²) < 4.78 is 30.3. The zero-order valence-electron chi connectivity index (χ0n) is 11.4. The summed E-state index contributed by atoms with van der Waals surface area (Å²) in [7, 11) is -0.629. The molecule has 1 rings (SSSR count). The van der Waals surface area contributed by atoms with Gasteiger partial charge in [0.05, 0.1) is 11.5 Å². The number of benzene rings is 1. The minimum Gasteiger partial charge on any atom is -0.480 e. The molecule has 0 fully saturated rings. The van der Waals surface area contributed by atoms with Crippen LogP contribution in [0, 0.1) is 0 Å².